The average Bonchev–Trinajstić information content (AvgIpc) is 3.15. The number of ether oxygens (including phenoxy) is 1. The molecule has 8 nitrogen and oxygen atoms in total. The summed E-state index contributed by atoms with van der Waals surface area (Å²) in [5, 5.41) is 12.5. The molecule has 2 aromatic heterocycles. The van der Waals surface area contributed by atoms with Crippen molar-refractivity contribution in [2.24, 2.45) is 0 Å². The summed E-state index contributed by atoms with van der Waals surface area (Å²) in [7, 11) is -4.37. The second-order valence-corrected chi connectivity index (χ2v) is 7.83. The maximum atomic E-state index is 13.7. The number of sulfonamides is 1. The summed E-state index contributed by atoms with van der Waals surface area (Å²) in [5.74, 6) is -1.62. The number of aromatic nitrogens is 4. The molecule has 0 bridgehead atoms. The van der Waals surface area contributed by atoms with Crippen LogP contribution in [0, 0.1) is 11.6 Å². The predicted molar refractivity (Wildman–Crippen MR) is 103 cm³/mol. The molecule has 30 heavy (non-hydrogen) atoms. The highest BCUT2D eigenvalue weighted by Crippen LogP contribution is 2.19. The zero-order valence-electron chi connectivity index (χ0n) is 15.4. The summed E-state index contributed by atoms with van der Waals surface area (Å²) in [6.07, 6.45) is 0. The SMILES string of the molecule is O=S(=O)(NCCOc1ccc2nnc(-c3ccccc3)n2n1)c1c(F)cccc1F. The van der Waals surface area contributed by atoms with Gasteiger partial charge in [-0.1, -0.05) is 36.4 Å². The average molecular weight is 431 g/mol. The molecule has 0 spiro atoms. The number of hydrogen-bond donors (Lipinski definition) is 1. The van der Waals surface area contributed by atoms with Gasteiger partial charge in [0.25, 0.3) is 0 Å². The highest BCUT2D eigenvalue weighted by Gasteiger charge is 2.23. The number of nitrogens with zero attached hydrogens (tertiary/aromatic N) is 4. The minimum Gasteiger partial charge on any atom is -0.475 e. The van der Waals surface area contributed by atoms with E-state index in [0.717, 1.165) is 23.8 Å². The minimum absolute atomic E-state index is 0.114. The Kier molecular flexibility index (Phi) is 5.38. The van der Waals surface area contributed by atoms with E-state index in [1.165, 1.54) is 4.52 Å². The lowest BCUT2D eigenvalue weighted by Gasteiger charge is -2.09. The second-order valence-electron chi connectivity index (χ2n) is 6.13. The Bertz CT molecular complexity index is 1280. The zero-order valence-corrected chi connectivity index (χ0v) is 16.2. The monoisotopic (exact) mass is 431 g/mol. The first-order valence-electron chi connectivity index (χ1n) is 8.80. The van der Waals surface area contributed by atoms with E-state index < -0.39 is 26.6 Å². The van der Waals surface area contributed by atoms with Crippen LogP contribution in [0.25, 0.3) is 17.0 Å². The van der Waals surface area contributed by atoms with Crippen molar-refractivity contribution in [3.8, 4) is 17.3 Å². The van der Waals surface area contributed by atoms with Crippen LogP contribution >= 0.6 is 0 Å². The summed E-state index contributed by atoms with van der Waals surface area (Å²) >= 11 is 0. The van der Waals surface area contributed by atoms with Crippen LogP contribution in [0.1, 0.15) is 0 Å². The molecule has 11 heteroatoms. The predicted octanol–water partition coefficient (Wildman–Crippen LogP) is 2.43. The highest BCUT2D eigenvalue weighted by molar-refractivity contribution is 7.89. The van der Waals surface area contributed by atoms with Gasteiger partial charge in [-0.05, 0) is 18.2 Å². The van der Waals surface area contributed by atoms with Gasteiger partial charge in [0.15, 0.2) is 16.4 Å². The number of fused-ring (bicyclic) bond motifs is 1. The van der Waals surface area contributed by atoms with Gasteiger partial charge >= 0.3 is 0 Å². The zero-order chi connectivity index (χ0) is 21.1. The molecular weight excluding hydrogens is 416 g/mol. The van der Waals surface area contributed by atoms with Crippen molar-refractivity contribution in [2.75, 3.05) is 13.2 Å². The Balaban J connectivity index is 1.44. The lowest BCUT2D eigenvalue weighted by Crippen LogP contribution is -2.29. The van der Waals surface area contributed by atoms with Gasteiger partial charge in [0.1, 0.15) is 18.2 Å². The molecule has 4 aromatic rings. The molecule has 0 unspecified atom stereocenters. The standard InChI is InChI=1S/C19H15F2N5O3S/c20-14-7-4-8-15(21)18(14)30(27,28)22-11-12-29-17-10-9-16-23-24-19(26(16)25-17)13-5-2-1-3-6-13/h1-10,22H,11-12H2. The molecule has 1 N–H and O–H groups in total. The van der Waals surface area contributed by atoms with Crippen molar-refractivity contribution in [2.45, 2.75) is 4.90 Å². The molecule has 2 aromatic carbocycles. The largest absolute Gasteiger partial charge is 0.475 e. The Labute approximate surface area is 170 Å². The van der Waals surface area contributed by atoms with Crippen LogP contribution in [0.3, 0.4) is 0 Å². The molecule has 0 aliphatic rings. The first kappa shape index (κ1) is 19.9. The normalized spacial score (nSPS) is 11.7. The Morgan fingerprint density at radius 3 is 2.40 bits per heavy atom. The molecule has 0 aliphatic carbocycles. The Morgan fingerprint density at radius 1 is 0.933 bits per heavy atom. The van der Waals surface area contributed by atoms with E-state index in [0.29, 0.717) is 11.5 Å². The summed E-state index contributed by atoms with van der Waals surface area (Å²) in [5.41, 5.74) is 1.33. The van der Waals surface area contributed by atoms with Crippen LogP contribution in [0.2, 0.25) is 0 Å². The molecular formula is C19H15F2N5O3S. The van der Waals surface area contributed by atoms with Crippen molar-refractivity contribution in [1.29, 1.82) is 0 Å². The van der Waals surface area contributed by atoms with Gasteiger partial charge in [-0.2, -0.15) is 4.52 Å². The highest BCUT2D eigenvalue weighted by atomic mass is 32.2. The number of rotatable bonds is 7. The third-order valence-corrected chi connectivity index (χ3v) is 5.61. The van der Waals surface area contributed by atoms with Crippen LogP contribution in [0.15, 0.2) is 65.6 Å². The number of halogens is 2. The van der Waals surface area contributed by atoms with Crippen molar-refractivity contribution in [3.05, 3.63) is 72.3 Å². The van der Waals surface area contributed by atoms with Crippen LogP contribution in [-0.2, 0) is 10.0 Å². The fraction of sp³-hybridized carbons (Fsp3) is 0.105. The van der Waals surface area contributed by atoms with Crippen LogP contribution in [-0.4, -0.2) is 41.4 Å². The quantitative estimate of drug-likeness (QED) is 0.452. The van der Waals surface area contributed by atoms with Gasteiger partial charge in [0, 0.05) is 18.2 Å². The smallest absolute Gasteiger partial charge is 0.246 e. The molecule has 0 saturated carbocycles. The molecule has 2 heterocycles. The molecule has 0 radical (unpaired) electrons. The van der Waals surface area contributed by atoms with Crippen molar-refractivity contribution in [3.63, 3.8) is 0 Å². The van der Waals surface area contributed by atoms with Gasteiger partial charge in [-0.3, -0.25) is 0 Å². The summed E-state index contributed by atoms with van der Waals surface area (Å²) in [4.78, 5) is -1.03. The number of benzene rings is 2. The van der Waals surface area contributed by atoms with Gasteiger partial charge in [0.05, 0.1) is 0 Å². The summed E-state index contributed by atoms with van der Waals surface area (Å²) < 4.78 is 60.8. The van der Waals surface area contributed by atoms with E-state index in [2.05, 4.69) is 20.0 Å². The van der Waals surface area contributed by atoms with E-state index in [4.69, 9.17) is 4.74 Å². The maximum Gasteiger partial charge on any atom is 0.246 e. The minimum atomic E-state index is -4.37. The van der Waals surface area contributed by atoms with E-state index in [-0.39, 0.29) is 19.0 Å². The van der Waals surface area contributed by atoms with Crippen molar-refractivity contribution < 1.29 is 21.9 Å². The lowest BCUT2D eigenvalue weighted by molar-refractivity contribution is 0.305. The van der Waals surface area contributed by atoms with Crippen LogP contribution in [0.4, 0.5) is 8.78 Å². The number of nitrogens with one attached hydrogen (secondary N) is 1. The van der Waals surface area contributed by atoms with E-state index in [1.54, 1.807) is 12.1 Å². The maximum absolute atomic E-state index is 13.7. The number of hydrogen-bond acceptors (Lipinski definition) is 6. The molecule has 0 saturated heterocycles. The summed E-state index contributed by atoms with van der Waals surface area (Å²) in [6.45, 7) is -0.333. The first-order valence-corrected chi connectivity index (χ1v) is 10.3. The van der Waals surface area contributed by atoms with E-state index in [1.807, 2.05) is 30.3 Å². The topological polar surface area (TPSA) is 98.5 Å². The van der Waals surface area contributed by atoms with Crippen LogP contribution < -0.4 is 9.46 Å². The van der Waals surface area contributed by atoms with Gasteiger partial charge in [0.2, 0.25) is 15.9 Å². The third-order valence-electron chi connectivity index (χ3n) is 4.10. The van der Waals surface area contributed by atoms with Gasteiger partial charge in [-0.25, -0.2) is 21.9 Å². The Hall–Kier alpha value is -3.44. The molecule has 0 fully saturated rings. The van der Waals surface area contributed by atoms with Crippen LogP contribution in [0.5, 0.6) is 5.88 Å². The molecule has 154 valence electrons. The fourth-order valence-corrected chi connectivity index (χ4v) is 3.91. The molecule has 4 rings (SSSR count). The Morgan fingerprint density at radius 2 is 1.67 bits per heavy atom. The first-order chi connectivity index (χ1) is 14.5. The van der Waals surface area contributed by atoms with E-state index >= 15 is 0 Å². The fourth-order valence-electron chi connectivity index (χ4n) is 2.76. The lowest BCUT2D eigenvalue weighted by atomic mass is 10.2. The van der Waals surface area contributed by atoms with Crippen molar-refractivity contribution in [1.82, 2.24) is 24.5 Å². The second kappa shape index (κ2) is 8.13. The molecule has 0 atom stereocenters. The third kappa shape index (κ3) is 3.98. The van der Waals surface area contributed by atoms with Gasteiger partial charge in [-0.15, -0.1) is 15.3 Å². The van der Waals surface area contributed by atoms with Crippen molar-refractivity contribution >= 4 is 15.7 Å². The summed E-state index contributed by atoms with van der Waals surface area (Å²) in [6, 6.07) is 15.4. The van der Waals surface area contributed by atoms with Gasteiger partial charge < -0.3 is 4.74 Å². The van der Waals surface area contributed by atoms with E-state index in [9.17, 15) is 17.2 Å². The molecule has 0 aliphatic heterocycles. The molecule has 0 amide bonds.